The molecule has 0 saturated heterocycles. The predicted molar refractivity (Wildman–Crippen MR) is 53.0 cm³/mol. The van der Waals surface area contributed by atoms with E-state index in [0.29, 0.717) is 0 Å². The Morgan fingerprint density at radius 3 is 2.64 bits per heavy atom. The maximum atomic E-state index is 12.4. The van der Waals surface area contributed by atoms with Crippen molar-refractivity contribution in [3.63, 3.8) is 0 Å². The van der Waals surface area contributed by atoms with Crippen LogP contribution in [0.3, 0.4) is 0 Å². The van der Waals surface area contributed by atoms with Gasteiger partial charge in [0.1, 0.15) is 17.6 Å². The molecule has 0 fully saturated rings. The molecule has 0 radical (unpaired) electrons. The number of nitrogens with zero attached hydrogens (tertiary/aromatic N) is 2. The Morgan fingerprint density at radius 2 is 2.21 bits per heavy atom. The van der Waals surface area contributed by atoms with Crippen LogP contribution in [-0.4, -0.2) is 9.91 Å². The highest BCUT2D eigenvalue weighted by molar-refractivity contribution is 14.1. The van der Waals surface area contributed by atoms with E-state index in [0.717, 1.165) is 6.20 Å². The number of hydrogen-bond donors (Lipinski definition) is 1. The van der Waals surface area contributed by atoms with Gasteiger partial charge in [-0.2, -0.15) is 0 Å². The quantitative estimate of drug-likeness (QED) is 0.515. The van der Waals surface area contributed by atoms with Crippen LogP contribution >= 0.6 is 22.6 Å². The molecule has 0 aromatic carbocycles. The molecular formula is C6H4F2IN3O2. The standard InChI is InChI=1S/C6H4F2IN3O2/c7-5(8)3-2(12(13)14)1-11-6(10)4(3)9/h1,5H,(H2,10,11). The molecular weight excluding hydrogens is 311 g/mol. The summed E-state index contributed by atoms with van der Waals surface area (Å²) in [7, 11) is 0. The van der Waals surface area contributed by atoms with Crippen LogP contribution in [0.5, 0.6) is 0 Å². The summed E-state index contributed by atoms with van der Waals surface area (Å²) in [6.45, 7) is 0. The summed E-state index contributed by atoms with van der Waals surface area (Å²) in [6, 6.07) is 0. The molecule has 0 bridgehead atoms. The second kappa shape index (κ2) is 3.98. The summed E-state index contributed by atoms with van der Waals surface area (Å²) in [5.41, 5.74) is 3.87. The van der Waals surface area contributed by atoms with E-state index in [1.165, 1.54) is 22.6 Å². The summed E-state index contributed by atoms with van der Waals surface area (Å²) < 4.78 is 24.8. The summed E-state index contributed by atoms with van der Waals surface area (Å²) >= 11 is 1.51. The van der Waals surface area contributed by atoms with Crippen molar-refractivity contribution in [2.75, 3.05) is 5.73 Å². The summed E-state index contributed by atoms with van der Waals surface area (Å²) in [6.07, 6.45) is -2.20. The average molecular weight is 315 g/mol. The molecule has 0 aliphatic rings. The Kier molecular flexibility index (Phi) is 3.13. The van der Waals surface area contributed by atoms with Crippen molar-refractivity contribution in [3.8, 4) is 0 Å². The zero-order valence-electron chi connectivity index (χ0n) is 6.58. The topological polar surface area (TPSA) is 82.0 Å². The number of rotatable bonds is 2. The lowest BCUT2D eigenvalue weighted by Gasteiger charge is -2.05. The summed E-state index contributed by atoms with van der Waals surface area (Å²) in [5, 5.41) is 10.4. The van der Waals surface area contributed by atoms with Crippen molar-refractivity contribution >= 4 is 34.1 Å². The normalized spacial score (nSPS) is 10.6. The first-order valence-corrected chi connectivity index (χ1v) is 4.39. The Bertz CT molecular complexity index is 386. The number of anilines is 1. The predicted octanol–water partition coefficient (Wildman–Crippen LogP) is 2.11. The van der Waals surface area contributed by atoms with Crippen LogP contribution in [0.15, 0.2) is 6.20 Å². The third kappa shape index (κ3) is 1.89. The molecule has 1 rings (SSSR count). The van der Waals surface area contributed by atoms with Gasteiger partial charge in [0.05, 0.1) is 8.49 Å². The summed E-state index contributed by atoms with van der Waals surface area (Å²) in [4.78, 5) is 12.9. The highest BCUT2D eigenvalue weighted by Crippen LogP contribution is 2.34. The minimum absolute atomic E-state index is 0.0770. The van der Waals surface area contributed by atoms with Crippen molar-refractivity contribution in [2.24, 2.45) is 0 Å². The van der Waals surface area contributed by atoms with Crippen molar-refractivity contribution < 1.29 is 13.7 Å². The lowest BCUT2D eigenvalue weighted by molar-refractivity contribution is -0.386. The minimum Gasteiger partial charge on any atom is -0.383 e. The van der Waals surface area contributed by atoms with Gasteiger partial charge in [0, 0.05) is 0 Å². The Labute approximate surface area is 90.6 Å². The smallest absolute Gasteiger partial charge is 0.297 e. The van der Waals surface area contributed by atoms with Gasteiger partial charge in [-0.25, -0.2) is 13.8 Å². The molecule has 0 saturated carbocycles. The number of aromatic nitrogens is 1. The van der Waals surface area contributed by atoms with E-state index in [2.05, 4.69) is 4.98 Å². The fourth-order valence-corrected chi connectivity index (χ4v) is 1.51. The number of nitrogens with two attached hydrogens (primary N) is 1. The van der Waals surface area contributed by atoms with E-state index >= 15 is 0 Å². The van der Waals surface area contributed by atoms with E-state index in [-0.39, 0.29) is 9.39 Å². The van der Waals surface area contributed by atoms with E-state index < -0.39 is 22.6 Å². The maximum Gasteiger partial charge on any atom is 0.297 e. The molecule has 1 aromatic rings. The zero-order chi connectivity index (χ0) is 10.9. The lowest BCUT2D eigenvalue weighted by atomic mass is 10.2. The van der Waals surface area contributed by atoms with Gasteiger partial charge < -0.3 is 5.73 Å². The van der Waals surface area contributed by atoms with Crippen molar-refractivity contribution in [1.29, 1.82) is 0 Å². The minimum atomic E-state index is -2.94. The van der Waals surface area contributed by atoms with Gasteiger partial charge in [0.25, 0.3) is 12.1 Å². The van der Waals surface area contributed by atoms with Crippen molar-refractivity contribution in [3.05, 3.63) is 25.4 Å². The number of pyridine rings is 1. The van der Waals surface area contributed by atoms with Gasteiger partial charge in [-0.15, -0.1) is 0 Å². The van der Waals surface area contributed by atoms with E-state index in [4.69, 9.17) is 5.73 Å². The number of nitro groups is 1. The Hall–Kier alpha value is -1.06. The fourth-order valence-electron chi connectivity index (χ4n) is 0.860. The van der Waals surface area contributed by atoms with Crippen molar-refractivity contribution in [2.45, 2.75) is 6.43 Å². The first-order valence-electron chi connectivity index (χ1n) is 3.31. The third-order valence-electron chi connectivity index (χ3n) is 1.48. The highest BCUT2D eigenvalue weighted by atomic mass is 127. The van der Waals surface area contributed by atoms with E-state index in [1.807, 2.05) is 0 Å². The Morgan fingerprint density at radius 1 is 1.64 bits per heavy atom. The second-order valence-corrected chi connectivity index (χ2v) is 3.39. The van der Waals surface area contributed by atoms with Gasteiger partial charge in [-0.05, 0) is 22.6 Å². The van der Waals surface area contributed by atoms with Crippen molar-refractivity contribution in [1.82, 2.24) is 4.98 Å². The number of alkyl halides is 2. The molecule has 0 amide bonds. The van der Waals surface area contributed by atoms with Gasteiger partial charge in [0.15, 0.2) is 0 Å². The first kappa shape index (κ1) is 11.0. The molecule has 8 heteroatoms. The van der Waals surface area contributed by atoms with Crippen LogP contribution in [0.2, 0.25) is 0 Å². The molecule has 1 heterocycles. The van der Waals surface area contributed by atoms with E-state index in [9.17, 15) is 18.9 Å². The van der Waals surface area contributed by atoms with Gasteiger partial charge in [0.2, 0.25) is 0 Å². The van der Waals surface area contributed by atoms with Gasteiger partial charge >= 0.3 is 0 Å². The first-order chi connectivity index (χ1) is 6.45. The maximum absolute atomic E-state index is 12.4. The molecule has 76 valence electrons. The lowest BCUT2D eigenvalue weighted by Crippen LogP contribution is -2.04. The van der Waals surface area contributed by atoms with Gasteiger partial charge in [-0.1, -0.05) is 0 Å². The SMILES string of the molecule is Nc1ncc([N+](=O)[O-])c(C(F)F)c1I. The Balaban J connectivity index is 3.45. The molecule has 0 atom stereocenters. The average Bonchev–Trinajstić information content (AvgIpc) is 2.08. The molecule has 0 spiro atoms. The van der Waals surface area contributed by atoms with Crippen LogP contribution < -0.4 is 5.73 Å². The molecule has 14 heavy (non-hydrogen) atoms. The molecule has 5 nitrogen and oxygen atoms in total. The monoisotopic (exact) mass is 315 g/mol. The highest BCUT2D eigenvalue weighted by Gasteiger charge is 2.26. The van der Waals surface area contributed by atoms with Crippen LogP contribution in [0.1, 0.15) is 12.0 Å². The molecule has 2 N–H and O–H groups in total. The zero-order valence-corrected chi connectivity index (χ0v) is 8.73. The van der Waals surface area contributed by atoms with Crippen LogP contribution in [0, 0.1) is 13.7 Å². The van der Waals surface area contributed by atoms with Crippen LogP contribution in [-0.2, 0) is 0 Å². The number of nitrogen functional groups attached to an aromatic ring is 1. The molecule has 1 aromatic heterocycles. The summed E-state index contributed by atoms with van der Waals surface area (Å²) in [5.74, 6) is -0.133. The van der Waals surface area contributed by atoms with E-state index in [1.54, 1.807) is 0 Å². The fraction of sp³-hybridized carbons (Fsp3) is 0.167. The van der Waals surface area contributed by atoms with Crippen LogP contribution in [0.25, 0.3) is 0 Å². The molecule has 0 unspecified atom stereocenters. The number of halogens is 3. The molecule has 0 aliphatic heterocycles. The van der Waals surface area contributed by atoms with Gasteiger partial charge in [-0.3, -0.25) is 10.1 Å². The largest absolute Gasteiger partial charge is 0.383 e. The molecule has 0 aliphatic carbocycles. The number of hydrogen-bond acceptors (Lipinski definition) is 4. The third-order valence-corrected chi connectivity index (χ3v) is 2.61. The van der Waals surface area contributed by atoms with Crippen LogP contribution in [0.4, 0.5) is 20.3 Å². The second-order valence-electron chi connectivity index (χ2n) is 2.31.